The maximum atomic E-state index is 5.36. The molecule has 1 aliphatic heterocycles. The Kier molecular flexibility index (Phi) is 6.47. The highest BCUT2D eigenvalue weighted by molar-refractivity contribution is 5.39. The number of hydrogen-bond donors (Lipinski definition) is 1. The molecule has 0 aliphatic carbocycles. The zero-order chi connectivity index (χ0) is 17.3. The van der Waals surface area contributed by atoms with Crippen LogP contribution in [0.4, 0.5) is 11.8 Å². The predicted molar refractivity (Wildman–Crippen MR) is 96.8 cm³/mol. The summed E-state index contributed by atoms with van der Waals surface area (Å²) >= 11 is 0. The van der Waals surface area contributed by atoms with E-state index in [0.717, 1.165) is 58.2 Å². The number of nitrogens with one attached hydrogen (secondary N) is 1. The summed E-state index contributed by atoms with van der Waals surface area (Å²) in [5.41, 5.74) is 1.26. The van der Waals surface area contributed by atoms with E-state index >= 15 is 0 Å². The molecule has 2 aromatic rings. The minimum Gasteiger partial charge on any atom is -0.379 e. The van der Waals surface area contributed by atoms with Gasteiger partial charge < -0.3 is 15.0 Å². The molecule has 8 nitrogen and oxygen atoms in total. The third kappa shape index (κ3) is 5.61. The molecule has 1 fully saturated rings. The molecule has 8 heteroatoms. The molecule has 3 rings (SSSR count). The largest absolute Gasteiger partial charge is 0.379 e. The van der Waals surface area contributed by atoms with Crippen LogP contribution in [0.1, 0.15) is 5.56 Å². The SMILES string of the molecule is CN(CCc1ccncc1)c1cnnc(NCCN2CCOCC2)n1. The number of ether oxygens (including phenoxy) is 1. The summed E-state index contributed by atoms with van der Waals surface area (Å²) in [6.45, 7) is 6.21. The van der Waals surface area contributed by atoms with E-state index in [1.165, 1.54) is 5.56 Å². The number of nitrogens with zero attached hydrogens (tertiary/aromatic N) is 6. The molecule has 25 heavy (non-hydrogen) atoms. The first-order chi connectivity index (χ1) is 12.3. The summed E-state index contributed by atoms with van der Waals surface area (Å²) in [6, 6.07) is 4.06. The minimum absolute atomic E-state index is 0.571. The van der Waals surface area contributed by atoms with Crippen molar-refractivity contribution in [2.75, 3.05) is 63.2 Å². The molecule has 3 heterocycles. The van der Waals surface area contributed by atoms with Crippen LogP contribution in [0.2, 0.25) is 0 Å². The Morgan fingerprint density at radius 3 is 2.84 bits per heavy atom. The van der Waals surface area contributed by atoms with Crippen LogP contribution in [0, 0.1) is 0 Å². The zero-order valence-corrected chi connectivity index (χ0v) is 14.6. The van der Waals surface area contributed by atoms with E-state index in [1.807, 2.05) is 31.6 Å². The van der Waals surface area contributed by atoms with Crippen LogP contribution in [-0.4, -0.2) is 78.1 Å². The lowest BCUT2D eigenvalue weighted by Crippen LogP contribution is -2.39. The first-order valence-electron chi connectivity index (χ1n) is 8.65. The topological polar surface area (TPSA) is 79.3 Å². The van der Waals surface area contributed by atoms with Gasteiger partial charge in [0, 0.05) is 52.2 Å². The summed E-state index contributed by atoms with van der Waals surface area (Å²) < 4.78 is 5.36. The van der Waals surface area contributed by atoms with Crippen LogP contribution in [0.25, 0.3) is 0 Å². The lowest BCUT2D eigenvalue weighted by molar-refractivity contribution is 0.0398. The van der Waals surface area contributed by atoms with Crippen LogP contribution in [0.3, 0.4) is 0 Å². The van der Waals surface area contributed by atoms with Crippen LogP contribution in [-0.2, 0) is 11.2 Å². The molecule has 0 bridgehead atoms. The van der Waals surface area contributed by atoms with Crippen molar-refractivity contribution in [1.29, 1.82) is 0 Å². The van der Waals surface area contributed by atoms with Gasteiger partial charge >= 0.3 is 0 Å². The van der Waals surface area contributed by atoms with Crippen molar-refractivity contribution in [3.63, 3.8) is 0 Å². The van der Waals surface area contributed by atoms with Gasteiger partial charge in [-0.2, -0.15) is 10.1 Å². The summed E-state index contributed by atoms with van der Waals surface area (Å²) in [6.07, 6.45) is 6.26. The Morgan fingerprint density at radius 2 is 2.04 bits per heavy atom. The van der Waals surface area contributed by atoms with Gasteiger partial charge in [0.05, 0.1) is 19.4 Å². The Balaban J connectivity index is 1.46. The zero-order valence-electron chi connectivity index (χ0n) is 14.6. The number of rotatable bonds is 8. The van der Waals surface area contributed by atoms with E-state index in [9.17, 15) is 0 Å². The fourth-order valence-corrected chi connectivity index (χ4v) is 2.67. The highest BCUT2D eigenvalue weighted by Crippen LogP contribution is 2.10. The normalized spacial score (nSPS) is 15.1. The molecule has 0 atom stereocenters. The standard InChI is InChI=1S/C17H25N7O/c1-23(8-4-15-2-5-18-6-3-15)16-14-20-22-17(21-16)19-7-9-24-10-12-25-13-11-24/h2-3,5-6,14H,4,7-13H2,1H3,(H,19,21,22). The molecule has 1 aliphatic rings. The summed E-state index contributed by atoms with van der Waals surface area (Å²) in [5.74, 6) is 1.39. The second kappa shape index (κ2) is 9.24. The predicted octanol–water partition coefficient (Wildman–Crippen LogP) is 0.690. The molecule has 2 aromatic heterocycles. The molecule has 0 amide bonds. The van der Waals surface area contributed by atoms with Crippen LogP contribution < -0.4 is 10.2 Å². The fraction of sp³-hybridized carbons (Fsp3) is 0.529. The molecule has 0 saturated carbocycles. The first-order valence-corrected chi connectivity index (χ1v) is 8.65. The molecular formula is C17H25N7O. The van der Waals surface area contributed by atoms with Gasteiger partial charge in [0.15, 0.2) is 5.82 Å². The van der Waals surface area contributed by atoms with E-state index in [4.69, 9.17) is 4.74 Å². The Bertz CT molecular complexity index is 634. The van der Waals surface area contributed by atoms with E-state index < -0.39 is 0 Å². The third-order valence-corrected chi connectivity index (χ3v) is 4.24. The minimum atomic E-state index is 0.571. The Hall–Kier alpha value is -2.32. The Morgan fingerprint density at radius 1 is 1.24 bits per heavy atom. The van der Waals surface area contributed by atoms with Gasteiger partial charge in [-0.05, 0) is 24.1 Å². The quantitative estimate of drug-likeness (QED) is 0.750. The summed E-state index contributed by atoms with van der Waals surface area (Å²) in [5, 5.41) is 11.4. The molecule has 1 saturated heterocycles. The van der Waals surface area contributed by atoms with E-state index in [0.29, 0.717) is 5.95 Å². The van der Waals surface area contributed by atoms with Crippen molar-refractivity contribution in [3.8, 4) is 0 Å². The van der Waals surface area contributed by atoms with Gasteiger partial charge in [0.1, 0.15) is 0 Å². The van der Waals surface area contributed by atoms with Gasteiger partial charge in [-0.15, -0.1) is 5.10 Å². The lowest BCUT2D eigenvalue weighted by Gasteiger charge is -2.26. The van der Waals surface area contributed by atoms with Crippen molar-refractivity contribution in [3.05, 3.63) is 36.3 Å². The van der Waals surface area contributed by atoms with Gasteiger partial charge in [-0.3, -0.25) is 9.88 Å². The fourth-order valence-electron chi connectivity index (χ4n) is 2.67. The van der Waals surface area contributed by atoms with Gasteiger partial charge in [0.2, 0.25) is 5.95 Å². The van der Waals surface area contributed by atoms with Gasteiger partial charge in [0.25, 0.3) is 0 Å². The van der Waals surface area contributed by atoms with E-state index in [1.54, 1.807) is 6.20 Å². The maximum absolute atomic E-state index is 5.36. The van der Waals surface area contributed by atoms with Gasteiger partial charge in [-0.1, -0.05) is 0 Å². The van der Waals surface area contributed by atoms with Crippen LogP contribution in [0.5, 0.6) is 0 Å². The molecule has 0 unspecified atom stereocenters. The van der Waals surface area contributed by atoms with Gasteiger partial charge in [-0.25, -0.2) is 0 Å². The molecule has 0 spiro atoms. The smallest absolute Gasteiger partial charge is 0.244 e. The van der Waals surface area contributed by atoms with E-state index in [2.05, 4.69) is 35.3 Å². The molecule has 134 valence electrons. The number of aromatic nitrogens is 4. The van der Waals surface area contributed by atoms with Crippen molar-refractivity contribution in [1.82, 2.24) is 25.1 Å². The monoisotopic (exact) mass is 343 g/mol. The van der Waals surface area contributed by atoms with E-state index in [-0.39, 0.29) is 0 Å². The van der Waals surface area contributed by atoms with Crippen molar-refractivity contribution in [2.45, 2.75) is 6.42 Å². The lowest BCUT2D eigenvalue weighted by atomic mass is 10.2. The first kappa shape index (κ1) is 17.5. The number of anilines is 2. The summed E-state index contributed by atoms with van der Waals surface area (Å²) in [7, 11) is 2.02. The maximum Gasteiger partial charge on any atom is 0.244 e. The molecule has 1 N–H and O–H groups in total. The second-order valence-electron chi connectivity index (χ2n) is 6.05. The van der Waals surface area contributed by atoms with Crippen molar-refractivity contribution in [2.24, 2.45) is 0 Å². The van der Waals surface area contributed by atoms with Crippen LogP contribution >= 0.6 is 0 Å². The molecule has 0 aromatic carbocycles. The average molecular weight is 343 g/mol. The summed E-state index contributed by atoms with van der Waals surface area (Å²) in [4.78, 5) is 13.1. The average Bonchev–Trinajstić information content (AvgIpc) is 2.68. The number of likely N-dealkylation sites (N-methyl/N-ethyl adjacent to an activating group) is 1. The number of pyridine rings is 1. The van der Waals surface area contributed by atoms with Crippen molar-refractivity contribution < 1.29 is 4.74 Å². The van der Waals surface area contributed by atoms with Crippen molar-refractivity contribution >= 4 is 11.8 Å². The molecular weight excluding hydrogens is 318 g/mol. The Labute approximate surface area is 148 Å². The highest BCUT2D eigenvalue weighted by Gasteiger charge is 2.10. The molecule has 0 radical (unpaired) electrons. The number of morpholine rings is 1. The second-order valence-corrected chi connectivity index (χ2v) is 6.05. The third-order valence-electron chi connectivity index (χ3n) is 4.24. The van der Waals surface area contributed by atoms with Crippen LogP contribution in [0.15, 0.2) is 30.7 Å². The highest BCUT2D eigenvalue weighted by atomic mass is 16.5. The number of hydrogen-bond acceptors (Lipinski definition) is 8.